The van der Waals surface area contributed by atoms with Gasteiger partial charge in [-0.05, 0) is 44.7 Å². The van der Waals surface area contributed by atoms with Gasteiger partial charge in [0.2, 0.25) is 5.91 Å². The van der Waals surface area contributed by atoms with Crippen molar-refractivity contribution in [3.8, 4) is 0 Å². The van der Waals surface area contributed by atoms with Crippen LogP contribution in [0, 0.1) is 5.41 Å². The van der Waals surface area contributed by atoms with E-state index in [2.05, 4.69) is 0 Å². The van der Waals surface area contributed by atoms with Crippen LogP contribution in [0.5, 0.6) is 0 Å². The second-order valence-electron chi connectivity index (χ2n) is 10.8. The van der Waals surface area contributed by atoms with E-state index in [1.54, 1.807) is 18.7 Å². The molecule has 2 aromatic carbocycles. The van der Waals surface area contributed by atoms with Gasteiger partial charge in [-0.2, -0.15) is 0 Å². The lowest BCUT2D eigenvalue weighted by Gasteiger charge is -2.42. The highest BCUT2D eigenvalue weighted by molar-refractivity contribution is 7.53. The maximum absolute atomic E-state index is 14.1. The first-order valence-corrected chi connectivity index (χ1v) is 15.5. The van der Waals surface area contributed by atoms with Gasteiger partial charge in [0.1, 0.15) is 18.8 Å². The molecular formula is C30H43N2O6P. The van der Waals surface area contributed by atoms with Crippen LogP contribution in [0.1, 0.15) is 71.6 Å². The van der Waals surface area contributed by atoms with Crippen molar-refractivity contribution in [2.45, 2.75) is 79.2 Å². The Labute approximate surface area is 233 Å². The molecule has 3 atom stereocenters. The van der Waals surface area contributed by atoms with Gasteiger partial charge in [0.25, 0.3) is 0 Å². The number of ether oxygens (including phenoxy) is 1. The average Bonchev–Trinajstić information content (AvgIpc) is 3.21. The Hall–Kier alpha value is -2.67. The van der Waals surface area contributed by atoms with Crippen LogP contribution >= 0.6 is 7.60 Å². The van der Waals surface area contributed by atoms with E-state index < -0.39 is 31.3 Å². The van der Waals surface area contributed by atoms with Crippen molar-refractivity contribution in [3.63, 3.8) is 0 Å². The molecule has 3 rings (SSSR count). The van der Waals surface area contributed by atoms with Crippen LogP contribution in [0.25, 0.3) is 0 Å². The summed E-state index contributed by atoms with van der Waals surface area (Å²) < 4.78 is 29.8. The van der Waals surface area contributed by atoms with E-state index in [0.717, 1.165) is 11.1 Å². The summed E-state index contributed by atoms with van der Waals surface area (Å²) >= 11 is 0. The minimum Gasteiger partial charge on any atom is -0.444 e. The average molecular weight is 559 g/mol. The van der Waals surface area contributed by atoms with Gasteiger partial charge in [-0.25, -0.2) is 4.79 Å². The lowest BCUT2D eigenvalue weighted by Crippen LogP contribution is -2.52. The van der Waals surface area contributed by atoms with Crippen LogP contribution in [0.2, 0.25) is 0 Å². The van der Waals surface area contributed by atoms with E-state index in [1.807, 2.05) is 93.3 Å². The van der Waals surface area contributed by atoms with Crippen LogP contribution in [-0.4, -0.2) is 53.4 Å². The zero-order valence-corrected chi connectivity index (χ0v) is 24.9. The first-order valence-electron chi connectivity index (χ1n) is 13.8. The van der Waals surface area contributed by atoms with Crippen molar-refractivity contribution in [1.29, 1.82) is 0 Å². The van der Waals surface area contributed by atoms with Crippen molar-refractivity contribution in [1.82, 2.24) is 9.80 Å². The van der Waals surface area contributed by atoms with Crippen molar-refractivity contribution in [2.24, 2.45) is 5.41 Å². The van der Waals surface area contributed by atoms with Gasteiger partial charge in [-0.3, -0.25) is 14.3 Å². The van der Waals surface area contributed by atoms with Crippen LogP contribution in [0.3, 0.4) is 0 Å². The summed E-state index contributed by atoms with van der Waals surface area (Å²) in [5.74, 6) is -0.148. The number of rotatable bonds is 12. The van der Waals surface area contributed by atoms with Crippen LogP contribution in [-0.2, 0) is 29.8 Å². The molecule has 214 valence electrons. The molecule has 2 amide bonds. The molecule has 1 aliphatic heterocycles. The van der Waals surface area contributed by atoms with E-state index in [0.29, 0.717) is 12.8 Å². The minimum atomic E-state index is -3.28. The van der Waals surface area contributed by atoms with Gasteiger partial charge in [-0.1, -0.05) is 81.4 Å². The van der Waals surface area contributed by atoms with Crippen LogP contribution < -0.4 is 0 Å². The molecule has 0 aromatic heterocycles. The van der Waals surface area contributed by atoms with Crippen molar-refractivity contribution < 1.29 is 27.9 Å². The van der Waals surface area contributed by atoms with Gasteiger partial charge < -0.3 is 18.7 Å². The van der Waals surface area contributed by atoms with E-state index in [4.69, 9.17) is 13.8 Å². The fourth-order valence-corrected chi connectivity index (χ4v) is 6.86. The van der Waals surface area contributed by atoms with Gasteiger partial charge in [-0.15, -0.1) is 0 Å². The van der Waals surface area contributed by atoms with Crippen molar-refractivity contribution in [3.05, 3.63) is 71.8 Å². The maximum Gasteiger partial charge on any atom is 0.412 e. The molecule has 0 saturated carbocycles. The third kappa shape index (κ3) is 7.71. The highest BCUT2D eigenvalue weighted by Crippen LogP contribution is 2.49. The number of carbonyl (C=O) groups excluding carboxylic acids is 2. The molecule has 1 aliphatic rings. The van der Waals surface area contributed by atoms with Crippen LogP contribution in [0.4, 0.5) is 4.79 Å². The number of amides is 2. The van der Waals surface area contributed by atoms with E-state index in [1.165, 1.54) is 0 Å². The molecular weight excluding hydrogens is 515 g/mol. The van der Waals surface area contributed by atoms with Gasteiger partial charge in [0.05, 0.1) is 25.4 Å². The third-order valence-corrected chi connectivity index (χ3v) is 9.02. The second-order valence-corrected chi connectivity index (χ2v) is 13.0. The zero-order chi connectivity index (χ0) is 28.6. The first kappa shape index (κ1) is 30.9. The summed E-state index contributed by atoms with van der Waals surface area (Å²) in [6.07, 6.45) is -0.217. The molecule has 1 heterocycles. The predicted octanol–water partition coefficient (Wildman–Crippen LogP) is 7.02. The van der Waals surface area contributed by atoms with E-state index in [-0.39, 0.29) is 37.9 Å². The maximum atomic E-state index is 14.1. The highest BCUT2D eigenvalue weighted by atomic mass is 31.2. The Bertz CT molecular complexity index is 1110. The van der Waals surface area contributed by atoms with Crippen LogP contribution in [0.15, 0.2) is 60.7 Å². The van der Waals surface area contributed by atoms with E-state index >= 15 is 0 Å². The molecule has 9 heteroatoms. The van der Waals surface area contributed by atoms with Gasteiger partial charge in [0, 0.05) is 5.41 Å². The summed E-state index contributed by atoms with van der Waals surface area (Å²) in [6, 6.07) is 18.2. The Morgan fingerprint density at radius 3 is 2.08 bits per heavy atom. The topological polar surface area (TPSA) is 85.4 Å². The normalized spacial score (nSPS) is 18.9. The Morgan fingerprint density at radius 2 is 1.54 bits per heavy atom. The monoisotopic (exact) mass is 558 g/mol. The largest absolute Gasteiger partial charge is 0.444 e. The summed E-state index contributed by atoms with van der Waals surface area (Å²) in [5.41, 5.74) is 1.38. The molecule has 1 fully saturated rings. The third-order valence-electron chi connectivity index (χ3n) is 6.85. The number of nitrogens with zero attached hydrogens (tertiary/aromatic N) is 2. The molecule has 0 unspecified atom stereocenters. The van der Waals surface area contributed by atoms with Gasteiger partial charge in [0.15, 0.2) is 0 Å². The SMILES string of the molecule is CCOP(=O)(CCC[C@@H]1C(=O)N([C@@H](C)c2ccccc2)[C@@H](C(C)(C)C)N1C(=O)OCc1ccccc1)OCC. The summed E-state index contributed by atoms with van der Waals surface area (Å²) in [4.78, 5) is 31.2. The molecule has 0 N–H and O–H groups in total. The first-order chi connectivity index (χ1) is 18.5. The quantitative estimate of drug-likeness (QED) is 0.260. The summed E-state index contributed by atoms with van der Waals surface area (Å²) in [7, 11) is -3.28. The molecule has 1 saturated heterocycles. The van der Waals surface area contributed by atoms with E-state index in [9.17, 15) is 14.2 Å². The predicted molar refractivity (Wildman–Crippen MR) is 152 cm³/mol. The zero-order valence-electron chi connectivity index (χ0n) is 24.0. The highest BCUT2D eigenvalue weighted by Gasteiger charge is 2.54. The molecule has 39 heavy (non-hydrogen) atoms. The molecule has 0 spiro atoms. The van der Waals surface area contributed by atoms with Crippen molar-refractivity contribution in [2.75, 3.05) is 19.4 Å². The summed E-state index contributed by atoms with van der Waals surface area (Å²) in [5, 5.41) is 0. The summed E-state index contributed by atoms with van der Waals surface area (Å²) in [6.45, 7) is 12.2. The number of carbonyl (C=O) groups is 2. The number of benzene rings is 2. The Morgan fingerprint density at radius 1 is 0.974 bits per heavy atom. The van der Waals surface area contributed by atoms with Crippen molar-refractivity contribution >= 4 is 19.6 Å². The molecule has 0 radical (unpaired) electrons. The van der Waals surface area contributed by atoms with Gasteiger partial charge >= 0.3 is 13.7 Å². The smallest absolute Gasteiger partial charge is 0.412 e. The lowest BCUT2D eigenvalue weighted by molar-refractivity contribution is -0.133. The Balaban J connectivity index is 1.93. The fraction of sp³-hybridized carbons (Fsp3) is 0.533. The number of hydrogen-bond donors (Lipinski definition) is 0. The molecule has 8 nitrogen and oxygen atoms in total. The molecule has 0 aliphatic carbocycles. The standard InChI is InChI=1S/C30H43N2O6P/c1-7-37-39(35,38-8-2)21-15-20-26-27(33)31(23(3)25-18-13-10-14-19-25)28(30(4,5)6)32(26)29(34)36-22-24-16-11-9-12-17-24/h9-14,16-19,23,26,28H,7-8,15,20-22H2,1-6H3/t23-,26+,28+/m0/s1. The molecule has 0 bridgehead atoms. The second kappa shape index (κ2) is 13.6. The fourth-order valence-electron chi connectivity index (χ4n) is 5.17. The Kier molecular flexibility index (Phi) is 10.8. The lowest BCUT2D eigenvalue weighted by atomic mass is 9.89. The molecule has 2 aromatic rings. The number of hydrogen-bond acceptors (Lipinski definition) is 6. The minimum absolute atomic E-state index is 0.103.